The Labute approximate surface area is 274 Å². The van der Waals surface area contributed by atoms with Crippen molar-refractivity contribution in [3.63, 3.8) is 0 Å². The third-order valence-corrected chi connectivity index (χ3v) is 15.4. The highest BCUT2D eigenvalue weighted by atomic mass is 31.3. The van der Waals surface area contributed by atoms with Crippen LogP contribution in [0.1, 0.15) is 62.0 Å². The van der Waals surface area contributed by atoms with Crippen LogP contribution in [0.4, 0.5) is 8.78 Å². The predicted molar refractivity (Wildman–Crippen MR) is 163 cm³/mol. The van der Waals surface area contributed by atoms with Gasteiger partial charge in [-0.2, -0.15) is 8.78 Å². The summed E-state index contributed by atoms with van der Waals surface area (Å²) in [5, 5.41) is -5.95. The van der Waals surface area contributed by atoms with Crippen molar-refractivity contribution in [3.05, 3.63) is 65.2 Å². The highest BCUT2D eigenvalue weighted by molar-refractivity contribution is 7.78. The molecular formula is C23H34F2N4O16P4. The van der Waals surface area contributed by atoms with Crippen LogP contribution in [0.5, 0.6) is 0 Å². The van der Waals surface area contributed by atoms with E-state index in [1.807, 2.05) is 0 Å². The lowest BCUT2D eigenvalue weighted by molar-refractivity contribution is 0.0921. The van der Waals surface area contributed by atoms with E-state index in [9.17, 15) is 65.8 Å². The Bertz CT molecular complexity index is 1870. The van der Waals surface area contributed by atoms with Crippen molar-refractivity contribution in [2.24, 2.45) is 11.8 Å². The number of hydrogen-bond donors (Lipinski definition) is 6. The first kappa shape index (κ1) is 39.6. The van der Waals surface area contributed by atoms with E-state index in [0.29, 0.717) is 24.2 Å². The topological polar surface area (TPSA) is 296 Å². The largest absolute Gasteiger partial charge is 0.479 e. The Balaban J connectivity index is 1.33. The summed E-state index contributed by atoms with van der Waals surface area (Å²) in [6.07, 6.45) is 1.47. The third-order valence-electron chi connectivity index (χ3n) is 8.15. The summed E-state index contributed by atoms with van der Waals surface area (Å²) in [4.78, 5) is 91.0. The highest BCUT2D eigenvalue weighted by Gasteiger charge is 2.70. The summed E-state index contributed by atoms with van der Waals surface area (Å²) >= 11 is 0. The van der Waals surface area contributed by atoms with Crippen molar-refractivity contribution < 1.29 is 64.3 Å². The second kappa shape index (κ2) is 14.4. The number of phosphoric acid groups is 2. The fourth-order valence-corrected chi connectivity index (χ4v) is 12.1. The standard InChI is InChI=1S/C23H34F2N4O16P4/c1-13-7-19(30)26-21(32)28(13)17-5-3-15(9-17)11-42-48(38,39)44-46(34,35)23(24,25)47(36,37)45-49(40,41)43-12-16-4-6-18(10-16)29-14(2)8-20(31)27-22(29)33/h7-8,15-18H,3-6,9-12H2,1-2H3,(H,34,35)(H,36,37)(H,38,39)(H,40,41)(H,26,30,32)(H,27,31,33). The molecule has 8 unspecified atom stereocenters. The molecule has 0 aliphatic heterocycles. The molecule has 49 heavy (non-hydrogen) atoms. The minimum absolute atomic E-state index is 0.137. The lowest BCUT2D eigenvalue weighted by atomic mass is 10.1. The average Bonchev–Trinajstić information content (AvgIpc) is 3.59. The molecule has 6 N–H and O–H groups in total. The highest BCUT2D eigenvalue weighted by Crippen LogP contribution is 2.81. The Hall–Kier alpha value is -2.18. The average molecular weight is 784 g/mol. The van der Waals surface area contributed by atoms with Crippen LogP contribution in [0, 0.1) is 25.7 Å². The van der Waals surface area contributed by atoms with Gasteiger partial charge in [-0.3, -0.25) is 46.9 Å². The molecule has 2 aromatic rings. The van der Waals surface area contributed by atoms with Crippen LogP contribution in [-0.2, 0) is 35.9 Å². The number of aromatic nitrogens is 4. The first-order valence-corrected chi connectivity index (χ1v) is 20.6. The molecule has 2 fully saturated rings. The fourth-order valence-electron chi connectivity index (χ4n) is 6.00. The van der Waals surface area contributed by atoms with Crippen LogP contribution in [0.25, 0.3) is 0 Å². The van der Waals surface area contributed by atoms with Crippen LogP contribution in [0.3, 0.4) is 0 Å². The smallest absolute Gasteiger partial charge is 0.319 e. The van der Waals surface area contributed by atoms with Crippen molar-refractivity contribution in [1.29, 1.82) is 0 Å². The van der Waals surface area contributed by atoms with E-state index in [4.69, 9.17) is 0 Å². The van der Waals surface area contributed by atoms with E-state index in [0.717, 1.165) is 0 Å². The molecule has 20 nitrogen and oxygen atoms in total. The second-order valence-corrected chi connectivity index (χ2v) is 19.1. The molecule has 8 atom stereocenters. The summed E-state index contributed by atoms with van der Waals surface area (Å²) in [5.74, 6) is -1.21. The molecule has 0 saturated heterocycles. The molecule has 0 spiro atoms. The van der Waals surface area contributed by atoms with Crippen LogP contribution < -0.4 is 22.5 Å². The molecule has 2 saturated carbocycles. The lowest BCUT2D eigenvalue weighted by Crippen LogP contribution is -2.33. The molecule has 2 aliphatic carbocycles. The number of rotatable bonds is 14. The number of hydrogen-bond acceptors (Lipinski definition) is 12. The number of phosphoric ester groups is 2. The zero-order valence-corrected chi connectivity index (χ0v) is 29.3. The molecule has 276 valence electrons. The van der Waals surface area contributed by atoms with Gasteiger partial charge in [0.15, 0.2) is 0 Å². The maximum absolute atomic E-state index is 14.8. The van der Waals surface area contributed by atoms with Gasteiger partial charge in [0.05, 0.1) is 13.2 Å². The Kier molecular flexibility index (Phi) is 11.7. The van der Waals surface area contributed by atoms with E-state index in [-0.39, 0.29) is 25.7 Å². The fraction of sp³-hybridized carbons (Fsp3) is 0.652. The van der Waals surface area contributed by atoms with Gasteiger partial charge in [-0.15, -0.1) is 0 Å². The van der Waals surface area contributed by atoms with E-state index in [1.165, 1.54) is 35.1 Å². The third kappa shape index (κ3) is 9.19. The zero-order chi connectivity index (χ0) is 36.7. The van der Waals surface area contributed by atoms with Gasteiger partial charge in [-0.05, 0) is 64.2 Å². The Morgan fingerprint density at radius 3 is 1.39 bits per heavy atom. The maximum Gasteiger partial charge on any atom is 0.479 e. The van der Waals surface area contributed by atoms with Crippen molar-refractivity contribution in [2.75, 3.05) is 13.2 Å². The molecule has 0 amide bonds. The van der Waals surface area contributed by atoms with Crippen LogP contribution >= 0.6 is 30.8 Å². The van der Waals surface area contributed by atoms with Gasteiger partial charge in [0.1, 0.15) is 0 Å². The van der Waals surface area contributed by atoms with Gasteiger partial charge in [-0.1, -0.05) is 0 Å². The number of alkyl halides is 2. The number of halogens is 2. The van der Waals surface area contributed by atoms with Gasteiger partial charge >= 0.3 is 47.6 Å². The molecule has 4 rings (SSSR count). The SMILES string of the molecule is Cc1cc(=O)[nH]c(=O)n1C1CCC(COP(=O)(O)OP(=O)(O)C(F)(F)P(=O)(O)OP(=O)(O)OCC2CCC(n3c(C)cc(=O)[nH]c3=O)C2)C1. The number of aryl methyl sites for hydroxylation is 2. The van der Waals surface area contributed by atoms with Crippen molar-refractivity contribution in [3.8, 4) is 0 Å². The molecule has 2 aromatic heterocycles. The van der Waals surface area contributed by atoms with Crippen molar-refractivity contribution >= 4 is 30.8 Å². The zero-order valence-electron chi connectivity index (χ0n) is 25.7. The van der Waals surface area contributed by atoms with Gasteiger partial charge < -0.3 is 19.6 Å². The molecule has 2 aliphatic rings. The molecule has 0 bridgehead atoms. The minimum Gasteiger partial charge on any atom is -0.319 e. The van der Waals surface area contributed by atoms with Crippen LogP contribution in [-0.4, -0.2) is 57.3 Å². The van der Waals surface area contributed by atoms with Crippen LogP contribution in [0.2, 0.25) is 0 Å². The molecule has 2 heterocycles. The molecular weight excluding hydrogens is 750 g/mol. The second-order valence-electron chi connectivity index (χ2n) is 11.8. The first-order chi connectivity index (χ1) is 22.4. The van der Waals surface area contributed by atoms with Gasteiger partial charge in [-0.25, -0.2) is 27.3 Å². The number of aromatic amines is 2. The maximum atomic E-state index is 14.8. The quantitative estimate of drug-likeness (QED) is 0.150. The lowest BCUT2D eigenvalue weighted by Gasteiger charge is -2.27. The van der Waals surface area contributed by atoms with Gasteiger partial charge in [0.2, 0.25) is 0 Å². The van der Waals surface area contributed by atoms with Crippen molar-refractivity contribution in [1.82, 2.24) is 19.1 Å². The minimum atomic E-state index is -6.99. The summed E-state index contributed by atoms with van der Waals surface area (Å²) in [7, 11) is -25.7. The van der Waals surface area contributed by atoms with E-state index in [1.54, 1.807) is 0 Å². The summed E-state index contributed by atoms with van der Waals surface area (Å²) in [5.41, 5.74) is -1.98. The monoisotopic (exact) mass is 784 g/mol. The molecule has 0 aromatic carbocycles. The van der Waals surface area contributed by atoms with Gasteiger partial charge in [0, 0.05) is 35.6 Å². The molecule has 0 radical (unpaired) electrons. The van der Waals surface area contributed by atoms with Crippen LogP contribution in [0.15, 0.2) is 31.3 Å². The Morgan fingerprint density at radius 1 is 0.714 bits per heavy atom. The number of nitrogens with one attached hydrogen (secondary N) is 2. The number of H-pyrrole nitrogens is 2. The van der Waals surface area contributed by atoms with E-state index in [2.05, 4.69) is 27.6 Å². The van der Waals surface area contributed by atoms with E-state index >= 15 is 0 Å². The Morgan fingerprint density at radius 2 is 1.06 bits per heavy atom. The summed E-state index contributed by atoms with van der Waals surface area (Å²) in [6, 6.07) is 1.38. The predicted octanol–water partition coefficient (Wildman–Crippen LogP) is 2.57. The first-order valence-electron chi connectivity index (χ1n) is 14.5. The number of nitrogens with zero attached hydrogens (tertiary/aromatic N) is 2. The van der Waals surface area contributed by atoms with Crippen molar-refractivity contribution in [2.45, 2.75) is 69.9 Å². The van der Waals surface area contributed by atoms with Gasteiger partial charge in [0.25, 0.3) is 11.1 Å². The normalized spacial score (nSPS) is 26.4. The van der Waals surface area contributed by atoms with E-state index < -0.39 is 95.9 Å². The summed E-state index contributed by atoms with van der Waals surface area (Å²) < 4.78 is 98.3. The summed E-state index contributed by atoms with van der Waals surface area (Å²) in [6.45, 7) is 1.60. The molecule has 26 heteroatoms.